The van der Waals surface area contributed by atoms with E-state index >= 15 is 0 Å². The van der Waals surface area contributed by atoms with Gasteiger partial charge in [0.25, 0.3) is 0 Å². The van der Waals surface area contributed by atoms with E-state index in [2.05, 4.69) is 67.6 Å². The number of fused-ring (bicyclic) bond motifs is 1. The number of imidazole rings is 1. The van der Waals surface area contributed by atoms with E-state index in [0.717, 1.165) is 33.6 Å². The zero-order valence-electron chi connectivity index (χ0n) is 16.5. The van der Waals surface area contributed by atoms with Crippen molar-refractivity contribution in [3.8, 4) is 11.4 Å². The van der Waals surface area contributed by atoms with Crippen molar-refractivity contribution in [2.24, 2.45) is 0 Å². The van der Waals surface area contributed by atoms with Gasteiger partial charge < -0.3 is 4.40 Å². The normalized spacial score (nSPS) is 11.2. The smallest absolute Gasteiger partial charge is 0.192 e. The lowest BCUT2D eigenvalue weighted by molar-refractivity contribution is 0.714. The highest BCUT2D eigenvalue weighted by atomic mass is 32.2. The van der Waals surface area contributed by atoms with Crippen molar-refractivity contribution in [3.05, 3.63) is 96.2 Å². The van der Waals surface area contributed by atoms with E-state index < -0.39 is 0 Å². The van der Waals surface area contributed by atoms with Crippen molar-refractivity contribution in [3.63, 3.8) is 0 Å². The van der Waals surface area contributed by atoms with Gasteiger partial charge in [-0.15, -0.1) is 10.2 Å². The molecule has 0 spiro atoms. The Kier molecular flexibility index (Phi) is 5.03. The summed E-state index contributed by atoms with van der Waals surface area (Å²) >= 11 is 1.65. The van der Waals surface area contributed by atoms with Gasteiger partial charge in [-0.05, 0) is 36.2 Å². The number of nitrogens with zero attached hydrogens (tertiary/aromatic N) is 6. The summed E-state index contributed by atoms with van der Waals surface area (Å²) in [5.74, 6) is 1.57. The van der Waals surface area contributed by atoms with Crippen LogP contribution < -0.4 is 0 Å². The van der Waals surface area contributed by atoms with E-state index in [1.54, 1.807) is 24.2 Å². The molecule has 0 atom stereocenters. The molecule has 148 valence electrons. The molecule has 0 aliphatic heterocycles. The van der Waals surface area contributed by atoms with Crippen LogP contribution in [-0.4, -0.2) is 29.1 Å². The van der Waals surface area contributed by atoms with E-state index in [1.165, 1.54) is 11.1 Å². The Morgan fingerprint density at radius 3 is 2.57 bits per heavy atom. The maximum absolute atomic E-state index is 4.78. The molecule has 0 saturated heterocycles. The molecule has 0 bridgehead atoms. The zero-order chi connectivity index (χ0) is 20.3. The summed E-state index contributed by atoms with van der Waals surface area (Å²) in [7, 11) is 0. The zero-order valence-corrected chi connectivity index (χ0v) is 17.3. The quantitative estimate of drug-likeness (QED) is 0.380. The third-order valence-corrected chi connectivity index (χ3v) is 5.92. The van der Waals surface area contributed by atoms with Crippen molar-refractivity contribution in [1.29, 1.82) is 0 Å². The summed E-state index contributed by atoms with van der Waals surface area (Å²) in [6.45, 7) is 2.79. The number of rotatable bonds is 6. The van der Waals surface area contributed by atoms with Gasteiger partial charge in [0.05, 0.1) is 12.2 Å². The number of aryl methyl sites for hydroxylation is 1. The number of benzene rings is 1. The summed E-state index contributed by atoms with van der Waals surface area (Å²) in [4.78, 5) is 8.90. The predicted octanol–water partition coefficient (Wildman–Crippen LogP) is 4.64. The van der Waals surface area contributed by atoms with Crippen LogP contribution in [0.1, 0.15) is 16.8 Å². The molecular weight excluding hydrogens is 392 g/mol. The molecule has 0 amide bonds. The Morgan fingerprint density at radius 2 is 1.77 bits per heavy atom. The molecule has 0 unspecified atom stereocenters. The number of hydrogen-bond donors (Lipinski definition) is 0. The van der Waals surface area contributed by atoms with E-state index in [0.29, 0.717) is 6.54 Å². The highest BCUT2D eigenvalue weighted by Gasteiger charge is 2.16. The Labute approximate surface area is 178 Å². The fourth-order valence-corrected chi connectivity index (χ4v) is 4.25. The third-order valence-electron chi connectivity index (χ3n) is 4.92. The first-order valence-corrected chi connectivity index (χ1v) is 10.7. The van der Waals surface area contributed by atoms with Crippen LogP contribution in [0.4, 0.5) is 0 Å². The molecule has 30 heavy (non-hydrogen) atoms. The number of thioether (sulfide) groups is 1. The average Bonchev–Trinajstić information content (AvgIpc) is 3.38. The largest absolute Gasteiger partial charge is 0.307 e. The highest BCUT2D eigenvalue weighted by molar-refractivity contribution is 7.98. The van der Waals surface area contributed by atoms with Crippen molar-refractivity contribution in [1.82, 2.24) is 29.1 Å². The van der Waals surface area contributed by atoms with Gasteiger partial charge in [0.1, 0.15) is 5.65 Å². The van der Waals surface area contributed by atoms with Gasteiger partial charge >= 0.3 is 0 Å². The fraction of sp³-hybridized carbons (Fsp3) is 0.130. The van der Waals surface area contributed by atoms with Gasteiger partial charge in [-0.2, -0.15) is 0 Å². The van der Waals surface area contributed by atoms with Crippen LogP contribution >= 0.6 is 11.8 Å². The minimum absolute atomic E-state index is 0.706. The first-order valence-electron chi connectivity index (χ1n) is 9.71. The predicted molar refractivity (Wildman–Crippen MR) is 118 cm³/mol. The van der Waals surface area contributed by atoms with Gasteiger partial charge in [0, 0.05) is 36.1 Å². The Hall–Kier alpha value is -3.45. The van der Waals surface area contributed by atoms with Crippen molar-refractivity contribution in [2.75, 3.05) is 0 Å². The first kappa shape index (κ1) is 18.6. The van der Waals surface area contributed by atoms with Crippen LogP contribution in [-0.2, 0) is 12.3 Å². The minimum atomic E-state index is 0.706. The lowest BCUT2D eigenvalue weighted by atomic mass is 10.2. The molecule has 0 aliphatic rings. The van der Waals surface area contributed by atoms with Crippen LogP contribution in [0.15, 0.2) is 84.5 Å². The van der Waals surface area contributed by atoms with Crippen molar-refractivity contribution < 1.29 is 0 Å². The maximum atomic E-state index is 4.78. The molecule has 5 aromatic rings. The molecule has 6 nitrogen and oxygen atoms in total. The standard InChI is InChI=1S/C23H20N6S/c1-17-6-5-13-28-15-20(25-21(17)28)16-30-23-27-26-22(19-9-11-24-12-10-19)29(23)14-18-7-3-2-4-8-18/h2-13,15H,14,16H2,1H3. The highest BCUT2D eigenvalue weighted by Crippen LogP contribution is 2.27. The summed E-state index contributed by atoms with van der Waals surface area (Å²) < 4.78 is 4.23. The molecule has 4 heterocycles. The van der Waals surface area contributed by atoms with Crippen LogP contribution in [0.2, 0.25) is 0 Å². The average molecular weight is 413 g/mol. The first-order chi connectivity index (χ1) is 14.8. The lowest BCUT2D eigenvalue weighted by Gasteiger charge is -2.10. The molecule has 0 radical (unpaired) electrons. The lowest BCUT2D eigenvalue weighted by Crippen LogP contribution is -2.04. The van der Waals surface area contributed by atoms with Gasteiger partial charge in [-0.1, -0.05) is 48.2 Å². The number of pyridine rings is 2. The van der Waals surface area contributed by atoms with Crippen LogP contribution in [0, 0.1) is 6.92 Å². The SMILES string of the molecule is Cc1cccn2cc(CSc3nnc(-c4ccncc4)n3Cc3ccccc3)nc12. The third kappa shape index (κ3) is 3.71. The molecule has 0 fully saturated rings. The second-order valence-corrected chi connectivity index (χ2v) is 8.00. The summed E-state index contributed by atoms with van der Waals surface area (Å²) in [6, 6.07) is 18.4. The molecule has 7 heteroatoms. The molecule has 5 rings (SSSR count). The number of aromatic nitrogens is 6. The number of hydrogen-bond acceptors (Lipinski definition) is 5. The monoisotopic (exact) mass is 412 g/mol. The van der Waals surface area contributed by atoms with E-state index in [-0.39, 0.29) is 0 Å². The molecule has 0 saturated carbocycles. The summed E-state index contributed by atoms with van der Waals surface area (Å²) in [5, 5.41) is 9.86. The van der Waals surface area contributed by atoms with Crippen molar-refractivity contribution >= 4 is 17.4 Å². The fourth-order valence-electron chi connectivity index (χ4n) is 3.43. The Balaban J connectivity index is 1.46. The van der Waals surface area contributed by atoms with Crippen LogP contribution in [0.3, 0.4) is 0 Å². The van der Waals surface area contributed by atoms with E-state index in [4.69, 9.17) is 4.98 Å². The molecular formula is C23H20N6S. The van der Waals surface area contributed by atoms with Gasteiger partial charge in [0.2, 0.25) is 0 Å². The second kappa shape index (κ2) is 8.12. The van der Waals surface area contributed by atoms with E-state index in [1.807, 2.05) is 30.5 Å². The second-order valence-electron chi connectivity index (χ2n) is 7.06. The van der Waals surface area contributed by atoms with Gasteiger partial charge in [-0.25, -0.2) is 4.98 Å². The van der Waals surface area contributed by atoms with Crippen LogP contribution in [0.5, 0.6) is 0 Å². The topological polar surface area (TPSA) is 60.9 Å². The molecule has 1 aromatic carbocycles. The molecule has 0 N–H and O–H groups in total. The van der Waals surface area contributed by atoms with Crippen LogP contribution in [0.25, 0.3) is 17.0 Å². The summed E-state index contributed by atoms with van der Waals surface area (Å²) in [6.07, 6.45) is 7.67. The molecule has 4 aromatic heterocycles. The Morgan fingerprint density at radius 1 is 0.933 bits per heavy atom. The minimum Gasteiger partial charge on any atom is -0.307 e. The van der Waals surface area contributed by atoms with Gasteiger partial charge in [0.15, 0.2) is 11.0 Å². The maximum Gasteiger partial charge on any atom is 0.192 e. The molecule has 0 aliphatic carbocycles. The van der Waals surface area contributed by atoms with E-state index in [9.17, 15) is 0 Å². The summed E-state index contributed by atoms with van der Waals surface area (Å²) in [5.41, 5.74) is 5.40. The van der Waals surface area contributed by atoms with Crippen molar-refractivity contribution in [2.45, 2.75) is 24.4 Å². The Bertz CT molecular complexity index is 1280. The van der Waals surface area contributed by atoms with Gasteiger partial charge in [-0.3, -0.25) is 9.55 Å².